The Morgan fingerprint density at radius 3 is 2.64 bits per heavy atom. The van der Waals surface area contributed by atoms with E-state index in [0.717, 1.165) is 35.0 Å². The van der Waals surface area contributed by atoms with Gasteiger partial charge in [0.1, 0.15) is 5.25 Å². The molecule has 0 spiro atoms. The van der Waals surface area contributed by atoms with Gasteiger partial charge in [0.2, 0.25) is 21.6 Å². The van der Waals surface area contributed by atoms with E-state index >= 15 is 0 Å². The number of H-pyrrole nitrogens is 1. The van der Waals surface area contributed by atoms with Gasteiger partial charge < -0.3 is 14.3 Å². The van der Waals surface area contributed by atoms with E-state index in [1.807, 2.05) is 26.0 Å². The maximum Gasteiger partial charge on any atom is 0.336 e. The molecule has 1 aromatic carbocycles. The lowest BCUT2D eigenvalue weighted by Gasteiger charge is -2.18. The van der Waals surface area contributed by atoms with Gasteiger partial charge >= 0.3 is 5.22 Å². The summed E-state index contributed by atoms with van der Waals surface area (Å²) in [5, 5.41) is 6.86. The molecule has 4 rings (SSSR count). The number of fused-ring (bicyclic) bond motifs is 1. The second kappa shape index (κ2) is 6.73. The zero-order chi connectivity index (χ0) is 20.1. The molecule has 1 aliphatic heterocycles. The Balaban J connectivity index is 1.65. The van der Waals surface area contributed by atoms with Crippen LogP contribution in [0.2, 0.25) is 0 Å². The van der Waals surface area contributed by atoms with Crippen LogP contribution in [0.1, 0.15) is 31.0 Å². The molecule has 1 aliphatic rings. The van der Waals surface area contributed by atoms with Crippen molar-refractivity contribution in [1.82, 2.24) is 20.1 Å². The van der Waals surface area contributed by atoms with Crippen molar-refractivity contribution in [2.75, 3.05) is 13.1 Å². The Bertz CT molecular complexity index is 1160. The molecule has 1 amide bonds. The summed E-state index contributed by atoms with van der Waals surface area (Å²) in [6.07, 6.45) is 1.79. The summed E-state index contributed by atoms with van der Waals surface area (Å²) in [5.74, 6) is -0.309. The second-order valence-corrected chi connectivity index (χ2v) is 9.37. The summed E-state index contributed by atoms with van der Waals surface area (Å²) in [5.41, 5.74) is 3.78. The van der Waals surface area contributed by atoms with Crippen LogP contribution in [0.5, 0.6) is 0 Å². The summed E-state index contributed by atoms with van der Waals surface area (Å²) >= 11 is 0. The minimum atomic E-state index is -4.05. The first kappa shape index (κ1) is 18.7. The van der Waals surface area contributed by atoms with E-state index in [9.17, 15) is 13.2 Å². The standard InChI is InChI=1S/C19H22N4O4S/c1-11-12(2)20-16-7-6-14(10-15(11)16)17-21-22-19(27-17)28(25,26)13(3)18(24)23-8-4-5-9-23/h6-7,10,13,20H,4-5,8-9H2,1-3H3. The molecular formula is C19H22N4O4S. The van der Waals surface area contributed by atoms with Crippen molar-refractivity contribution in [3.63, 3.8) is 0 Å². The average molecular weight is 402 g/mol. The van der Waals surface area contributed by atoms with Gasteiger partial charge in [0.05, 0.1) is 0 Å². The monoisotopic (exact) mass is 402 g/mol. The summed E-state index contributed by atoms with van der Waals surface area (Å²) in [4.78, 5) is 17.3. The number of carbonyl (C=O) groups is 1. The van der Waals surface area contributed by atoms with Crippen LogP contribution >= 0.6 is 0 Å². The van der Waals surface area contributed by atoms with Crippen LogP contribution in [-0.2, 0) is 14.6 Å². The Labute approximate surface area is 162 Å². The van der Waals surface area contributed by atoms with E-state index in [2.05, 4.69) is 15.2 Å². The molecule has 1 N–H and O–H groups in total. The van der Waals surface area contributed by atoms with Crippen LogP contribution in [0.4, 0.5) is 0 Å². The lowest BCUT2D eigenvalue weighted by Crippen LogP contribution is -2.40. The van der Waals surface area contributed by atoms with Gasteiger partial charge in [-0.25, -0.2) is 8.42 Å². The number of nitrogens with one attached hydrogen (secondary N) is 1. The number of sulfone groups is 1. The van der Waals surface area contributed by atoms with Gasteiger partial charge in [-0.05, 0) is 57.4 Å². The smallest absolute Gasteiger partial charge is 0.336 e. The predicted octanol–water partition coefficient (Wildman–Crippen LogP) is 2.62. The molecule has 148 valence electrons. The third kappa shape index (κ3) is 2.99. The fourth-order valence-corrected chi connectivity index (χ4v) is 4.58. The predicted molar refractivity (Wildman–Crippen MR) is 104 cm³/mol. The minimum absolute atomic E-state index is 0.111. The highest BCUT2D eigenvalue weighted by molar-refractivity contribution is 7.92. The molecule has 2 aromatic heterocycles. The van der Waals surface area contributed by atoms with Crippen molar-refractivity contribution in [1.29, 1.82) is 0 Å². The summed E-state index contributed by atoms with van der Waals surface area (Å²) < 4.78 is 31.1. The number of rotatable bonds is 4. The molecule has 3 aromatic rings. The average Bonchev–Trinajstić information content (AvgIpc) is 3.42. The van der Waals surface area contributed by atoms with Crippen molar-refractivity contribution < 1.29 is 17.6 Å². The Morgan fingerprint density at radius 2 is 1.93 bits per heavy atom. The van der Waals surface area contributed by atoms with Gasteiger partial charge in [-0.2, -0.15) is 0 Å². The number of nitrogens with zero attached hydrogens (tertiary/aromatic N) is 3. The molecular weight excluding hydrogens is 380 g/mol. The van der Waals surface area contributed by atoms with Crippen molar-refractivity contribution >= 4 is 26.6 Å². The zero-order valence-corrected chi connectivity index (χ0v) is 16.8. The van der Waals surface area contributed by atoms with Gasteiger partial charge in [0, 0.05) is 35.2 Å². The number of hydrogen-bond donors (Lipinski definition) is 1. The maximum absolute atomic E-state index is 12.8. The lowest BCUT2D eigenvalue weighted by molar-refractivity contribution is -0.129. The van der Waals surface area contributed by atoms with E-state index in [1.54, 1.807) is 11.0 Å². The molecule has 1 unspecified atom stereocenters. The van der Waals surface area contributed by atoms with E-state index in [4.69, 9.17) is 4.42 Å². The highest BCUT2D eigenvalue weighted by Crippen LogP contribution is 2.28. The van der Waals surface area contributed by atoms with Crippen LogP contribution in [0.25, 0.3) is 22.4 Å². The van der Waals surface area contributed by atoms with E-state index in [0.29, 0.717) is 18.7 Å². The first-order valence-electron chi connectivity index (χ1n) is 9.24. The fourth-order valence-electron chi connectivity index (χ4n) is 3.51. The van der Waals surface area contributed by atoms with Crippen molar-refractivity contribution in [3.05, 3.63) is 29.5 Å². The van der Waals surface area contributed by atoms with Crippen LogP contribution in [0.3, 0.4) is 0 Å². The topological polar surface area (TPSA) is 109 Å². The van der Waals surface area contributed by atoms with E-state index < -0.39 is 26.2 Å². The third-order valence-corrected chi connectivity index (χ3v) is 7.22. The molecule has 3 heterocycles. The maximum atomic E-state index is 12.8. The molecule has 1 fully saturated rings. The highest BCUT2D eigenvalue weighted by Gasteiger charge is 2.37. The molecule has 0 saturated carbocycles. The van der Waals surface area contributed by atoms with E-state index in [1.165, 1.54) is 6.92 Å². The highest BCUT2D eigenvalue weighted by atomic mass is 32.2. The van der Waals surface area contributed by atoms with Crippen LogP contribution in [0.15, 0.2) is 27.8 Å². The van der Waals surface area contributed by atoms with Gasteiger partial charge in [0.15, 0.2) is 0 Å². The van der Waals surface area contributed by atoms with Crippen molar-refractivity contribution in [3.8, 4) is 11.5 Å². The largest absolute Gasteiger partial charge is 0.408 e. The van der Waals surface area contributed by atoms with Gasteiger partial charge in [-0.3, -0.25) is 4.79 Å². The fraction of sp³-hybridized carbons (Fsp3) is 0.421. The third-order valence-electron chi connectivity index (χ3n) is 5.44. The number of carbonyl (C=O) groups excluding carboxylic acids is 1. The number of aryl methyl sites for hydroxylation is 2. The van der Waals surface area contributed by atoms with Crippen LogP contribution in [-0.4, -0.2) is 52.7 Å². The zero-order valence-electron chi connectivity index (χ0n) is 16.0. The molecule has 9 heteroatoms. The summed E-state index contributed by atoms with van der Waals surface area (Å²) in [6.45, 7) is 6.54. The first-order chi connectivity index (χ1) is 13.3. The van der Waals surface area contributed by atoms with Crippen molar-refractivity contribution in [2.45, 2.75) is 44.1 Å². The van der Waals surface area contributed by atoms with Crippen LogP contribution in [0, 0.1) is 13.8 Å². The second-order valence-electron chi connectivity index (χ2n) is 7.23. The molecule has 0 bridgehead atoms. The number of likely N-dealkylation sites (tertiary alicyclic amines) is 1. The molecule has 0 aliphatic carbocycles. The molecule has 28 heavy (non-hydrogen) atoms. The lowest BCUT2D eigenvalue weighted by atomic mass is 10.1. The Morgan fingerprint density at radius 1 is 1.21 bits per heavy atom. The Kier molecular flexibility index (Phi) is 4.49. The number of aromatic amines is 1. The van der Waals surface area contributed by atoms with Crippen molar-refractivity contribution in [2.24, 2.45) is 0 Å². The normalized spacial score (nSPS) is 16.0. The SMILES string of the molecule is Cc1[nH]c2ccc(-c3nnc(S(=O)(=O)C(C)C(=O)N4CCCC4)o3)cc2c1C. The number of benzene rings is 1. The first-order valence-corrected chi connectivity index (χ1v) is 10.8. The Hall–Kier alpha value is -2.68. The summed E-state index contributed by atoms with van der Waals surface area (Å²) in [6, 6.07) is 5.57. The number of amides is 1. The molecule has 1 atom stereocenters. The van der Waals surface area contributed by atoms with Crippen LogP contribution < -0.4 is 0 Å². The molecule has 0 radical (unpaired) electrons. The number of hydrogen-bond acceptors (Lipinski definition) is 6. The molecule has 8 nitrogen and oxygen atoms in total. The summed E-state index contributed by atoms with van der Waals surface area (Å²) in [7, 11) is -4.05. The minimum Gasteiger partial charge on any atom is -0.408 e. The van der Waals surface area contributed by atoms with Gasteiger partial charge in [0.25, 0.3) is 0 Å². The van der Waals surface area contributed by atoms with E-state index in [-0.39, 0.29) is 5.89 Å². The number of aromatic nitrogens is 3. The molecule has 1 saturated heterocycles. The quantitative estimate of drug-likeness (QED) is 0.718. The van der Waals surface area contributed by atoms with Gasteiger partial charge in [-0.15, -0.1) is 5.10 Å². The van der Waals surface area contributed by atoms with Gasteiger partial charge in [-0.1, -0.05) is 5.10 Å².